The van der Waals surface area contributed by atoms with Crippen LogP contribution < -0.4 is 14.3 Å². The zero-order valence-corrected chi connectivity index (χ0v) is 22.8. The molecule has 0 aliphatic heterocycles. The summed E-state index contributed by atoms with van der Waals surface area (Å²) in [7, 11) is -7.48. The molecule has 1 amide bonds. The molecule has 0 bridgehead atoms. The molecular formula is C28H26FN3O5S2. The van der Waals surface area contributed by atoms with Gasteiger partial charge >= 0.3 is 0 Å². The van der Waals surface area contributed by atoms with Crippen LogP contribution >= 0.6 is 0 Å². The van der Waals surface area contributed by atoms with Crippen LogP contribution in [0.5, 0.6) is 0 Å². The fourth-order valence-electron chi connectivity index (χ4n) is 3.75. The van der Waals surface area contributed by atoms with Crippen LogP contribution in [0.1, 0.15) is 21.5 Å². The molecule has 0 fully saturated rings. The van der Waals surface area contributed by atoms with Gasteiger partial charge in [-0.3, -0.25) is 13.8 Å². The van der Waals surface area contributed by atoms with E-state index < -0.39 is 31.8 Å². The van der Waals surface area contributed by atoms with Crippen LogP contribution in [0.2, 0.25) is 0 Å². The van der Waals surface area contributed by atoms with E-state index >= 15 is 0 Å². The molecule has 0 atom stereocenters. The monoisotopic (exact) mass is 567 g/mol. The first-order chi connectivity index (χ1) is 18.4. The lowest BCUT2D eigenvalue weighted by molar-refractivity contribution is 0.102. The van der Waals surface area contributed by atoms with E-state index in [2.05, 4.69) is 10.0 Å². The molecule has 0 saturated heterocycles. The van der Waals surface area contributed by atoms with Gasteiger partial charge in [0.15, 0.2) is 0 Å². The number of carbonyl (C=O) groups excluding carboxylic acids is 1. The zero-order valence-electron chi connectivity index (χ0n) is 21.1. The SMILES string of the molecule is Cc1ccccc1NS(=O)(=O)c1ccc(NC(=O)c2ccc(N(Cc3ccc(F)cc3)S(C)(=O)=O)cc2)cc1. The average molecular weight is 568 g/mol. The second-order valence-electron chi connectivity index (χ2n) is 8.84. The minimum Gasteiger partial charge on any atom is -0.322 e. The predicted octanol–water partition coefficient (Wildman–Crippen LogP) is 5.15. The van der Waals surface area contributed by atoms with Crippen LogP contribution in [0.3, 0.4) is 0 Å². The highest BCUT2D eigenvalue weighted by Gasteiger charge is 2.19. The Bertz CT molecular complexity index is 1690. The van der Waals surface area contributed by atoms with Crippen molar-refractivity contribution in [2.75, 3.05) is 20.6 Å². The number of sulfonamides is 2. The van der Waals surface area contributed by atoms with Gasteiger partial charge in [0.2, 0.25) is 10.0 Å². The number of rotatable bonds is 9. The van der Waals surface area contributed by atoms with Crippen molar-refractivity contribution in [3.05, 3.63) is 120 Å². The summed E-state index contributed by atoms with van der Waals surface area (Å²) < 4.78 is 67.2. The maximum atomic E-state index is 13.2. The van der Waals surface area contributed by atoms with E-state index in [1.807, 2.05) is 6.07 Å². The van der Waals surface area contributed by atoms with E-state index in [9.17, 15) is 26.0 Å². The summed E-state index contributed by atoms with van der Waals surface area (Å²) in [6.45, 7) is 1.80. The van der Waals surface area contributed by atoms with Gasteiger partial charge in [-0.1, -0.05) is 30.3 Å². The number of nitrogens with one attached hydrogen (secondary N) is 2. The Morgan fingerprint density at radius 3 is 2.03 bits per heavy atom. The molecule has 0 saturated carbocycles. The molecule has 4 rings (SSSR count). The number of amides is 1. The second-order valence-corrected chi connectivity index (χ2v) is 12.4. The van der Waals surface area contributed by atoms with E-state index in [1.54, 1.807) is 25.1 Å². The molecule has 4 aromatic carbocycles. The van der Waals surface area contributed by atoms with Crippen molar-refractivity contribution in [1.29, 1.82) is 0 Å². The number of hydrogen-bond donors (Lipinski definition) is 2. The Hall–Kier alpha value is -4.22. The number of para-hydroxylation sites is 1. The molecule has 2 N–H and O–H groups in total. The van der Waals surface area contributed by atoms with Crippen LogP contribution in [0.15, 0.2) is 102 Å². The maximum absolute atomic E-state index is 13.2. The molecular weight excluding hydrogens is 541 g/mol. The summed E-state index contributed by atoms with van der Waals surface area (Å²) in [5.41, 5.74) is 2.86. The van der Waals surface area contributed by atoms with E-state index in [0.29, 0.717) is 22.6 Å². The van der Waals surface area contributed by atoms with Gasteiger partial charge in [-0.15, -0.1) is 0 Å². The number of carbonyl (C=O) groups is 1. The molecule has 0 aliphatic carbocycles. The number of hydrogen-bond acceptors (Lipinski definition) is 5. The number of halogens is 1. The highest BCUT2D eigenvalue weighted by molar-refractivity contribution is 7.92. The summed E-state index contributed by atoms with van der Waals surface area (Å²) in [6.07, 6.45) is 1.07. The lowest BCUT2D eigenvalue weighted by atomic mass is 10.1. The largest absolute Gasteiger partial charge is 0.322 e. The number of aryl methyl sites for hydroxylation is 1. The Morgan fingerprint density at radius 1 is 0.821 bits per heavy atom. The van der Waals surface area contributed by atoms with Crippen molar-refractivity contribution < 1.29 is 26.0 Å². The fraction of sp³-hybridized carbons (Fsp3) is 0.107. The minimum absolute atomic E-state index is 0.00138. The van der Waals surface area contributed by atoms with Crippen LogP contribution in [-0.4, -0.2) is 29.0 Å². The van der Waals surface area contributed by atoms with Gasteiger partial charge in [-0.25, -0.2) is 21.2 Å². The molecule has 0 aliphatic rings. The van der Waals surface area contributed by atoms with Crippen LogP contribution in [-0.2, 0) is 26.6 Å². The fourth-order valence-corrected chi connectivity index (χ4v) is 5.77. The summed E-state index contributed by atoms with van der Waals surface area (Å²) in [6, 6.07) is 24.3. The second kappa shape index (κ2) is 11.3. The van der Waals surface area contributed by atoms with Crippen LogP contribution in [0.4, 0.5) is 21.5 Å². The molecule has 4 aromatic rings. The standard InChI is InChI=1S/C28H26FN3O5S2/c1-20-5-3-4-6-27(20)31-39(36,37)26-17-13-24(14-18-26)30-28(33)22-9-15-25(16-10-22)32(38(2,34)35)19-21-7-11-23(29)12-8-21/h3-18,31H,19H2,1-2H3,(H,30,33). The van der Waals surface area contributed by atoms with Gasteiger partial charge in [0.1, 0.15) is 5.82 Å². The van der Waals surface area contributed by atoms with Gasteiger partial charge < -0.3 is 5.32 Å². The number of benzene rings is 4. The van der Waals surface area contributed by atoms with Crippen molar-refractivity contribution in [1.82, 2.24) is 0 Å². The third-order valence-corrected chi connectivity index (χ3v) is 8.39. The highest BCUT2D eigenvalue weighted by atomic mass is 32.2. The Kier molecular flexibility index (Phi) is 8.03. The highest BCUT2D eigenvalue weighted by Crippen LogP contribution is 2.23. The van der Waals surface area contributed by atoms with Crippen molar-refractivity contribution in [3.63, 3.8) is 0 Å². The topological polar surface area (TPSA) is 113 Å². The lowest BCUT2D eigenvalue weighted by Crippen LogP contribution is -2.29. The molecule has 39 heavy (non-hydrogen) atoms. The Morgan fingerprint density at radius 2 is 1.44 bits per heavy atom. The number of nitrogens with zero attached hydrogens (tertiary/aromatic N) is 1. The molecule has 0 spiro atoms. The zero-order chi connectivity index (χ0) is 28.2. The minimum atomic E-state index is -3.82. The van der Waals surface area contributed by atoms with E-state index in [0.717, 1.165) is 16.1 Å². The Labute approximate surface area is 227 Å². The normalized spacial score (nSPS) is 11.6. The van der Waals surface area contributed by atoms with Gasteiger partial charge in [-0.05, 0) is 84.8 Å². The molecule has 202 valence electrons. The first-order valence-corrected chi connectivity index (χ1v) is 15.1. The van der Waals surface area contributed by atoms with E-state index in [-0.39, 0.29) is 17.0 Å². The quantitative estimate of drug-likeness (QED) is 0.290. The molecule has 11 heteroatoms. The van der Waals surface area contributed by atoms with Crippen LogP contribution in [0, 0.1) is 12.7 Å². The first-order valence-electron chi connectivity index (χ1n) is 11.7. The lowest BCUT2D eigenvalue weighted by Gasteiger charge is -2.22. The molecule has 0 aromatic heterocycles. The van der Waals surface area contributed by atoms with Gasteiger partial charge in [-0.2, -0.15) is 0 Å². The van der Waals surface area contributed by atoms with Crippen molar-refractivity contribution in [2.24, 2.45) is 0 Å². The molecule has 0 heterocycles. The summed E-state index contributed by atoms with van der Waals surface area (Å²) >= 11 is 0. The van der Waals surface area contributed by atoms with Crippen molar-refractivity contribution in [3.8, 4) is 0 Å². The summed E-state index contributed by atoms with van der Waals surface area (Å²) in [5.74, 6) is -0.880. The average Bonchev–Trinajstić information content (AvgIpc) is 2.89. The smallest absolute Gasteiger partial charge is 0.261 e. The third-order valence-electron chi connectivity index (χ3n) is 5.87. The van der Waals surface area contributed by atoms with E-state index in [1.165, 1.54) is 72.8 Å². The molecule has 0 radical (unpaired) electrons. The van der Waals surface area contributed by atoms with Gasteiger partial charge in [0.25, 0.3) is 15.9 Å². The first kappa shape index (κ1) is 27.8. The Balaban J connectivity index is 1.45. The van der Waals surface area contributed by atoms with Crippen molar-refractivity contribution in [2.45, 2.75) is 18.4 Å². The predicted molar refractivity (Wildman–Crippen MR) is 150 cm³/mol. The summed E-state index contributed by atoms with van der Waals surface area (Å²) in [5, 5.41) is 2.70. The van der Waals surface area contributed by atoms with Crippen molar-refractivity contribution >= 4 is 43.0 Å². The van der Waals surface area contributed by atoms with Crippen LogP contribution in [0.25, 0.3) is 0 Å². The molecule has 0 unspecified atom stereocenters. The third kappa shape index (κ3) is 7.01. The van der Waals surface area contributed by atoms with Gasteiger partial charge in [0, 0.05) is 11.3 Å². The van der Waals surface area contributed by atoms with Gasteiger partial charge in [0.05, 0.1) is 29.1 Å². The summed E-state index contributed by atoms with van der Waals surface area (Å²) in [4.78, 5) is 12.8. The number of anilines is 3. The van der Waals surface area contributed by atoms with E-state index in [4.69, 9.17) is 0 Å². The maximum Gasteiger partial charge on any atom is 0.261 e. The molecule has 8 nitrogen and oxygen atoms in total.